The van der Waals surface area contributed by atoms with Gasteiger partial charge < -0.3 is 0 Å². The van der Waals surface area contributed by atoms with Crippen molar-refractivity contribution in [3.8, 4) is 0 Å². The van der Waals surface area contributed by atoms with Crippen LogP contribution >= 0.6 is 23.4 Å². The molecule has 0 aliphatic carbocycles. The van der Waals surface area contributed by atoms with E-state index in [0.717, 1.165) is 5.56 Å². The number of hydrogen-bond donors (Lipinski definition) is 0. The monoisotopic (exact) mass is 431 g/mol. The molecule has 3 rings (SSSR count). The minimum Gasteiger partial charge on any atom is -0.266 e. The van der Waals surface area contributed by atoms with Crippen molar-refractivity contribution in [1.82, 2.24) is 9.97 Å². The van der Waals surface area contributed by atoms with Gasteiger partial charge in [0.25, 0.3) is 5.91 Å². The highest BCUT2D eigenvalue weighted by molar-refractivity contribution is 7.98. The van der Waals surface area contributed by atoms with Crippen molar-refractivity contribution in [2.75, 3.05) is 6.26 Å². The van der Waals surface area contributed by atoms with Gasteiger partial charge in [-0.25, -0.2) is 14.2 Å². The van der Waals surface area contributed by atoms with Crippen molar-refractivity contribution in [3.05, 3.63) is 82.6 Å². The van der Waals surface area contributed by atoms with Crippen LogP contribution in [-0.4, -0.2) is 26.3 Å². The van der Waals surface area contributed by atoms with E-state index in [1.807, 2.05) is 31.4 Å². The number of aromatic nitrogens is 2. The largest absolute Gasteiger partial charge is 0.285 e. The van der Waals surface area contributed by atoms with Gasteiger partial charge >= 0.3 is 0 Å². The van der Waals surface area contributed by atoms with Crippen LogP contribution in [0.1, 0.15) is 21.6 Å². The number of halogens is 1. The van der Waals surface area contributed by atoms with Gasteiger partial charge in [-0.2, -0.15) is 4.36 Å². The van der Waals surface area contributed by atoms with Crippen LogP contribution in [0.25, 0.3) is 0 Å². The Morgan fingerprint density at radius 3 is 2.43 bits per heavy atom. The van der Waals surface area contributed by atoms with Gasteiger partial charge in [-0.3, -0.25) is 4.79 Å². The number of thioether (sulfide) groups is 1. The van der Waals surface area contributed by atoms with Crippen LogP contribution in [0.15, 0.2) is 75.1 Å². The summed E-state index contributed by atoms with van der Waals surface area (Å²) < 4.78 is 18.0. The quantitative estimate of drug-likeness (QED) is 0.322. The van der Waals surface area contributed by atoms with E-state index in [9.17, 15) is 9.00 Å². The Labute approximate surface area is 173 Å². The van der Waals surface area contributed by atoms with Crippen molar-refractivity contribution in [2.45, 2.75) is 22.7 Å². The molecular formula is C20H18ClN3O2S2. The summed E-state index contributed by atoms with van der Waals surface area (Å²) >= 11 is 7.40. The van der Waals surface area contributed by atoms with Crippen molar-refractivity contribution in [3.63, 3.8) is 0 Å². The molecule has 2 aromatic carbocycles. The smallest absolute Gasteiger partial charge is 0.266 e. The Morgan fingerprint density at radius 2 is 1.79 bits per heavy atom. The minimum absolute atomic E-state index is 0.0373. The van der Waals surface area contributed by atoms with E-state index >= 15 is 0 Å². The summed E-state index contributed by atoms with van der Waals surface area (Å²) in [5, 5.41) is 0.733. The maximum atomic E-state index is 13.8. The summed E-state index contributed by atoms with van der Waals surface area (Å²) in [6.45, 7) is 1.93. The van der Waals surface area contributed by atoms with Crippen LogP contribution in [0.3, 0.4) is 0 Å². The molecular weight excluding hydrogens is 414 g/mol. The Bertz CT molecular complexity index is 1110. The lowest BCUT2D eigenvalue weighted by Crippen LogP contribution is -2.10. The maximum absolute atomic E-state index is 13.8. The highest BCUT2D eigenvalue weighted by atomic mass is 35.5. The van der Waals surface area contributed by atoms with Gasteiger partial charge in [-0.05, 0) is 43.5 Å². The predicted octanol–water partition coefficient (Wildman–Crippen LogP) is 5.03. The van der Waals surface area contributed by atoms with Crippen LogP contribution in [-0.2, 0) is 15.5 Å². The lowest BCUT2D eigenvalue weighted by atomic mass is 10.1. The molecule has 8 heteroatoms. The van der Waals surface area contributed by atoms with Crippen LogP contribution in [0.2, 0.25) is 5.15 Å². The van der Waals surface area contributed by atoms with Gasteiger partial charge in [0.15, 0.2) is 5.16 Å². The van der Waals surface area contributed by atoms with Gasteiger partial charge in [0, 0.05) is 10.5 Å². The summed E-state index contributed by atoms with van der Waals surface area (Å²) in [7, 11) is -3.10. The molecule has 28 heavy (non-hydrogen) atoms. The van der Waals surface area contributed by atoms with Gasteiger partial charge in [0.1, 0.15) is 5.15 Å². The summed E-state index contributed by atoms with van der Waals surface area (Å²) in [5.41, 5.74) is 1.89. The number of carbonyl (C=O) groups excluding carboxylic acids is 1. The van der Waals surface area contributed by atoms with Gasteiger partial charge in [-0.1, -0.05) is 59.3 Å². The maximum Gasteiger partial charge on any atom is 0.285 e. The molecule has 0 radical (unpaired) electrons. The first kappa shape index (κ1) is 20.5. The van der Waals surface area contributed by atoms with E-state index in [4.69, 9.17) is 11.6 Å². The van der Waals surface area contributed by atoms with Crippen molar-refractivity contribution >= 4 is 39.0 Å². The molecule has 1 atom stereocenters. The molecule has 1 aromatic heterocycles. The van der Waals surface area contributed by atoms with E-state index in [1.165, 1.54) is 11.8 Å². The zero-order valence-corrected chi connectivity index (χ0v) is 17.7. The average molecular weight is 432 g/mol. The number of nitrogens with zero attached hydrogens (tertiary/aromatic N) is 3. The second-order valence-corrected chi connectivity index (χ2v) is 9.41. The minimum atomic E-state index is -3.10. The number of benzene rings is 2. The molecule has 1 amide bonds. The molecule has 0 fully saturated rings. The second kappa shape index (κ2) is 8.86. The number of carbonyl (C=O) groups is 1. The highest BCUT2D eigenvalue weighted by Crippen LogP contribution is 2.22. The molecule has 1 heterocycles. The standard InChI is InChI=1S/C20H18ClN3O2S2/c1-14-8-10-15(11-9-14)19(25)24-28(26,17-6-4-3-5-7-17)13-16-12-18(21)23-20(22-16)27-2/h3-12H,13H2,1-2H3. The lowest BCUT2D eigenvalue weighted by Gasteiger charge is -2.11. The molecule has 1 unspecified atom stereocenters. The second-order valence-electron chi connectivity index (χ2n) is 6.03. The Balaban J connectivity index is 2.08. The van der Waals surface area contributed by atoms with Gasteiger partial charge in [-0.15, -0.1) is 0 Å². The first-order valence-corrected chi connectivity index (χ1v) is 11.7. The topological polar surface area (TPSA) is 72.3 Å². The molecule has 0 saturated heterocycles. The van der Waals surface area contributed by atoms with Crippen molar-refractivity contribution in [2.24, 2.45) is 4.36 Å². The highest BCUT2D eigenvalue weighted by Gasteiger charge is 2.19. The number of rotatable bonds is 5. The number of aryl methyl sites for hydroxylation is 1. The van der Waals surface area contributed by atoms with Crippen molar-refractivity contribution < 1.29 is 9.00 Å². The van der Waals surface area contributed by atoms with Crippen molar-refractivity contribution in [1.29, 1.82) is 0 Å². The summed E-state index contributed by atoms with van der Waals surface area (Å²) in [4.78, 5) is 21.7. The SMILES string of the molecule is CSc1nc(Cl)cc(CS(=O)(=NC(=O)c2ccc(C)cc2)c2ccccc2)n1. The molecule has 0 bridgehead atoms. The van der Waals surface area contributed by atoms with Crippen LogP contribution in [0.5, 0.6) is 0 Å². The molecule has 144 valence electrons. The average Bonchev–Trinajstić information content (AvgIpc) is 2.68. The zero-order valence-electron chi connectivity index (χ0n) is 15.3. The predicted molar refractivity (Wildman–Crippen MR) is 113 cm³/mol. The molecule has 0 aliphatic heterocycles. The molecule has 0 saturated carbocycles. The number of amides is 1. The normalized spacial score (nSPS) is 13.0. The molecule has 0 aliphatic rings. The van der Waals surface area contributed by atoms with Crippen LogP contribution in [0, 0.1) is 6.92 Å². The first-order chi connectivity index (χ1) is 13.4. The Morgan fingerprint density at radius 1 is 1.11 bits per heavy atom. The van der Waals surface area contributed by atoms with Crippen LogP contribution < -0.4 is 0 Å². The lowest BCUT2D eigenvalue weighted by molar-refractivity contribution is 0.100. The van der Waals surface area contributed by atoms with Crippen LogP contribution in [0.4, 0.5) is 0 Å². The summed E-state index contributed by atoms with van der Waals surface area (Å²) in [6.07, 6.45) is 1.83. The number of hydrogen-bond acceptors (Lipinski definition) is 5. The van der Waals surface area contributed by atoms with Gasteiger partial charge in [0.05, 0.1) is 21.2 Å². The third-order valence-corrected chi connectivity index (χ3v) is 6.79. The fourth-order valence-electron chi connectivity index (χ4n) is 2.49. The van der Waals surface area contributed by atoms with E-state index in [-0.39, 0.29) is 10.9 Å². The summed E-state index contributed by atoms with van der Waals surface area (Å²) in [5.74, 6) is -0.566. The van der Waals surface area contributed by atoms with E-state index in [1.54, 1.807) is 42.5 Å². The van der Waals surface area contributed by atoms with E-state index < -0.39 is 15.6 Å². The third-order valence-electron chi connectivity index (χ3n) is 3.89. The first-order valence-electron chi connectivity index (χ1n) is 8.38. The fourth-order valence-corrected chi connectivity index (χ4v) is 4.99. The fraction of sp³-hybridized carbons (Fsp3) is 0.150. The van der Waals surface area contributed by atoms with E-state index in [2.05, 4.69) is 14.3 Å². The Hall–Kier alpha value is -2.22. The summed E-state index contributed by atoms with van der Waals surface area (Å²) in [6, 6.07) is 17.3. The molecule has 0 spiro atoms. The third kappa shape index (κ3) is 4.98. The Kier molecular flexibility index (Phi) is 6.49. The van der Waals surface area contributed by atoms with Gasteiger partial charge in [0.2, 0.25) is 0 Å². The zero-order chi connectivity index (χ0) is 20.1. The molecule has 3 aromatic rings. The molecule has 5 nitrogen and oxygen atoms in total. The molecule has 0 N–H and O–H groups in total. The van der Waals surface area contributed by atoms with E-state index in [0.29, 0.717) is 21.3 Å².